The summed E-state index contributed by atoms with van der Waals surface area (Å²) in [7, 11) is 2.96. The van der Waals surface area contributed by atoms with Gasteiger partial charge in [0.15, 0.2) is 11.5 Å². The topological polar surface area (TPSA) is 140 Å². The molecule has 0 atom stereocenters. The van der Waals surface area contributed by atoms with Gasteiger partial charge in [-0.25, -0.2) is 4.98 Å². The summed E-state index contributed by atoms with van der Waals surface area (Å²) in [4.78, 5) is 4.03. The zero-order chi connectivity index (χ0) is 22.5. The maximum absolute atomic E-state index is 9.22. The molecule has 9 nitrogen and oxygen atoms in total. The van der Waals surface area contributed by atoms with Crippen LogP contribution >= 0.6 is 0 Å². The van der Waals surface area contributed by atoms with Crippen molar-refractivity contribution in [2.45, 2.75) is 20.5 Å². The number of hydrogen-bond donors (Lipinski definition) is 2. The van der Waals surface area contributed by atoms with Crippen molar-refractivity contribution in [2.75, 3.05) is 20.0 Å². The number of benzene rings is 1. The van der Waals surface area contributed by atoms with E-state index < -0.39 is 0 Å². The monoisotopic (exact) mass is 418 g/mol. The van der Waals surface area contributed by atoms with Crippen molar-refractivity contribution >= 4 is 11.4 Å². The Labute approximate surface area is 179 Å². The third-order valence-electron chi connectivity index (χ3n) is 4.76. The fourth-order valence-electron chi connectivity index (χ4n) is 3.03. The van der Waals surface area contributed by atoms with E-state index in [1.165, 1.54) is 20.3 Å². The second kappa shape index (κ2) is 9.09. The molecule has 31 heavy (non-hydrogen) atoms. The van der Waals surface area contributed by atoms with Gasteiger partial charge < -0.3 is 19.9 Å². The molecular formula is C22H22N6O3. The number of methoxy groups -OCH3 is 2. The molecule has 0 bridgehead atoms. The van der Waals surface area contributed by atoms with Crippen molar-refractivity contribution in [2.24, 2.45) is 0 Å². The highest BCUT2D eigenvalue weighted by Gasteiger charge is 2.17. The first kappa shape index (κ1) is 21.5. The van der Waals surface area contributed by atoms with Gasteiger partial charge in [0.05, 0.1) is 31.8 Å². The van der Waals surface area contributed by atoms with Crippen molar-refractivity contribution < 1.29 is 14.2 Å². The Bertz CT molecular complexity index is 1170. The average Bonchev–Trinajstić information content (AvgIpc) is 2.78. The lowest BCUT2D eigenvalue weighted by Crippen LogP contribution is -2.09. The second-order valence-corrected chi connectivity index (χ2v) is 6.74. The molecule has 0 spiro atoms. The Morgan fingerprint density at radius 1 is 1.13 bits per heavy atom. The van der Waals surface area contributed by atoms with E-state index in [2.05, 4.69) is 15.2 Å². The lowest BCUT2D eigenvalue weighted by Gasteiger charge is -2.16. The molecule has 3 N–H and O–H groups in total. The van der Waals surface area contributed by atoms with Crippen molar-refractivity contribution in [1.82, 2.24) is 15.2 Å². The van der Waals surface area contributed by atoms with Gasteiger partial charge in [0.25, 0.3) is 0 Å². The molecule has 0 fully saturated rings. The van der Waals surface area contributed by atoms with Crippen molar-refractivity contribution in [3.8, 4) is 23.4 Å². The summed E-state index contributed by atoms with van der Waals surface area (Å²) in [5.74, 6) is 1.10. The maximum atomic E-state index is 9.22. The number of nitrogens with one attached hydrogen (secondary N) is 1. The van der Waals surface area contributed by atoms with Crippen LogP contribution in [-0.2, 0) is 6.61 Å². The van der Waals surface area contributed by atoms with Gasteiger partial charge in [-0.15, -0.1) is 0 Å². The quantitative estimate of drug-likeness (QED) is 0.441. The zero-order valence-corrected chi connectivity index (χ0v) is 17.7. The Morgan fingerprint density at radius 2 is 1.90 bits per heavy atom. The third kappa shape index (κ3) is 4.53. The van der Waals surface area contributed by atoms with E-state index in [1.807, 2.05) is 19.9 Å². The molecule has 0 aliphatic heterocycles. The first-order valence-corrected chi connectivity index (χ1v) is 9.31. The molecule has 158 valence electrons. The van der Waals surface area contributed by atoms with Gasteiger partial charge >= 0.3 is 0 Å². The summed E-state index contributed by atoms with van der Waals surface area (Å²) in [6.07, 6.45) is 1.68. The van der Waals surface area contributed by atoms with Gasteiger partial charge in [-0.3, -0.25) is 5.41 Å². The highest BCUT2D eigenvalue weighted by Crippen LogP contribution is 2.34. The highest BCUT2D eigenvalue weighted by atomic mass is 16.5. The Hall–Kier alpha value is -4.19. The number of hydrogen-bond acceptors (Lipinski definition) is 9. The molecule has 9 heteroatoms. The Kier molecular flexibility index (Phi) is 6.31. The van der Waals surface area contributed by atoms with Crippen LogP contribution in [0.1, 0.15) is 33.6 Å². The van der Waals surface area contributed by atoms with Gasteiger partial charge in [-0.05, 0) is 31.5 Å². The summed E-state index contributed by atoms with van der Waals surface area (Å²) >= 11 is 0. The molecule has 0 amide bonds. The van der Waals surface area contributed by atoms with Gasteiger partial charge in [-0.1, -0.05) is 0 Å². The van der Waals surface area contributed by atoms with E-state index in [0.717, 1.165) is 16.8 Å². The fourth-order valence-corrected chi connectivity index (χ4v) is 3.03. The molecule has 0 aliphatic carbocycles. The number of pyridine rings is 1. The van der Waals surface area contributed by atoms with E-state index in [9.17, 15) is 5.26 Å². The Morgan fingerprint density at radius 3 is 2.55 bits per heavy atom. The number of nitrogens with two attached hydrogens (primary N) is 1. The largest absolute Gasteiger partial charge is 0.493 e. The van der Waals surface area contributed by atoms with Crippen LogP contribution in [0.5, 0.6) is 17.4 Å². The molecule has 3 rings (SSSR count). The minimum Gasteiger partial charge on any atom is -0.493 e. The molecule has 0 unspecified atom stereocenters. The molecular weight excluding hydrogens is 396 g/mol. The smallest absolute Gasteiger partial charge is 0.214 e. The number of ether oxygens (including phenoxy) is 3. The molecule has 0 aliphatic rings. The predicted molar refractivity (Wildman–Crippen MR) is 115 cm³/mol. The minimum atomic E-state index is 0.0974. The fraction of sp³-hybridized carbons (Fsp3) is 0.227. The summed E-state index contributed by atoms with van der Waals surface area (Å²) in [6, 6.07) is 8.30. The number of aryl methyl sites for hydroxylation is 2. The average molecular weight is 418 g/mol. The first-order valence-electron chi connectivity index (χ1n) is 9.31. The van der Waals surface area contributed by atoms with Gasteiger partial charge in [0.1, 0.15) is 18.4 Å². The number of rotatable bonds is 7. The standard InChI is InChI=1S/C22H22N6O3/c1-12-10-26-28-13(2)17(12)11-31-20-7-16(18(24)8-19(20)29-3)22(25)14-5-15(9-23)27-21(6-14)30-4/h5-8,10,25H,11,24H2,1-4H3. The summed E-state index contributed by atoms with van der Waals surface area (Å²) < 4.78 is 16.6. The second-order valence-electron chi connectivity index (χ2n) is 6.74. The minimum absolute atomic E-state index is 0.0974. The van der Waals surface area contributed by atoms with Crippen molar-refractivity contribution in [3.05, 3.63) is 64.1 Å². The number of anilines is 1. The summed E-state index contributed by atoms with van der Waals surface area (Å²) in [5.41, 5.74) is 10.3. The Balaban J connectivity index is 1.99. The van der Waals surface area contributed by atoms with Crippen LogP contribution in [-0.4, -0.2) is 35.1 Å². The maximum Gasteiger partial charge on any atom is 0.214 e. The van der Waals surface area contributed by atoms with Crippen LogP contribution < -0.4 is 19.9 Å². The molecule has 2 heterocycles. The SMILES string of the molecule is COc1cc(C(=N)c2cc(OCc3c(C)cnnc3C)c(OC)cc2N)cc(C#N)n1. The van der Waals surface area contributed by atoms with Crippen LogP contribution in [0, 0.1) is 30.6 Å². The van der Waals surface area contributed by atoms with Crippen LogP contribution in [0.15, 0.2) is 30.5 Å². The van der Waals surface area contributed by atoms with Crippen LogP contribution in [0.2, 0.25) is 0 Å². The molecule has 1 aromatic carbocycles. The molecule has 2 aromatic heterocycles. The van der Waals surface area contributed by atoms with Crippen molar-refractivity contribution in [3.63, 3.8) is 0 Å². The third-order valence-corrected chi connectivity index (χ3v) is 4.76. The van der Waals surface area contributed by atoms with Crippen LogP contribution in [0.25, 0.3) is 0 Å². The van der Waals surface area contributed by atoms with Gasteiger partial charge in [0, 0.05) is 34.5 Å². The van der Waals surface area contributed by atoms with Gasteiger partial charge in [-0.2, -0.15) is 15.5 Å². The summed E-state index contributed by atoms with van der Waals surface area (Å²) in [5, 5.41) is 25.9. The van der Waals surface area contributed by atoms with E-state index in [0.29, 0.717) is 28.3 Å². The van der Waals surface area contributed by atoms with Crippen molar-refractivity contribution in [1.29, 1.82) is 10.7 Å². The molecule has 3 aromatic rings. The first-order chi connectivity index (χ1) is 14.9. The summed E-state index contributed by atoms with van der Waals surface area (Å²) in [6.45, 7) is 4.05. The van der Waals surface area contributed by atoms with E-state index in [4.69, 9.17) is 25.4 Å². The lowest BCUT2D eigenvalue weighted by molar-refractivity contribution is 0.282. The zero-order valence-electron chi connectivity index (χ0n) is 17.7. The molecule has 0 saturated heterocycles. The van der Waals surface area contributed by atoms with Gasteiger partial charge in [0.2, 0.25) is 5.88 Å². The lowest BCUT2D eigenvalue weighted by atomic mass is 10.00. The number of nitrogens with zero attached hydrogens (tertiary/aromatic N) is 4. The normalized spacial score (nSPS) is 10.3. The predicted octanol–water partition coefficient (Wildman–Crippen LogP) is 2.95. The van der Waals surface area contributed by atoms with Crippen LogP contribution in [0.4, 0.5) is 5.69 Å². The van der Waals surface area contributed by atoms with E-state index >= 15 is 0 Å². The van der Waals surface area contributed by atoms with E-state index in [-0.39, 0.29) is 23.9 Å². The highest BCUT2D eigenvalue weighted by molar-refractivity contribution is 6.14. The number of nitrogen functional groups attached to an aromatic ring is 1. The molecule has 0 saturated carbocycles. The number of nitriles is 1. The van der Waals surface area contributed by atoms with E-state index in [1.54, 1.807) is 24.4 Å². The van der Waals surface area contributed by atoms with Crippen LogP contribution in [0.3, 0.4) is 0 Å². The number of aromatic nitrogens is 3. The molecule has 0 radical (unpaired) electrons.